The number of nitrogens with one attached hydrogen (secondary N) is 1. The molecule has 1 aromatic carbocycles. The number of aromatic nitrogens is 1. The quantitative estimate of drug-likeness (QED) is 0.716. The number of hydrogen-bond acceptors (Lipinski definition) is 6. The van der Waals surface area contributed by atoms with Crippen LogP contribution in [0.5, 0.6) is 5.75 Å². The van der Waals surface area contributed by atoms with Gasteiger partial charge in [-0.05, 0) is 30.3 Å². The summed E-state index contributed by atoms with van der Waals surface area (Å²) in [5, 5.41) is 12.7. The SMILES string of the molecule is O=C(O)c1sc2nccc3c2c1NC(=O)N3c1ccc(OC2COC2)cc1. The first-order valence-electron chi connectivity index (χ1n) is 8.22. The molecule has 1 saturated heterocycles. The van der Waals surface area contributed by atoms with Gasteiger partial charge < -0.3 is 19.9 Å². The van der Waals surface area contributed by atoms with Crippen LogP contribution in [-0.2, 0) is 4.74 Å². The first kappa shape index (κ1) is 16.0. The van der Waals surface area contributed by atoms with Crippen molar-refractivity contribution < 1.29 is 24.2 Å². The number of urea groups is 1. The van der Waals surface area contributed by atoms with Crippen molar-refractivity contribution in [3.63, 3.8) is 0 Å². The summed E-state index contributed by atoms with van der Waals surface area (Å²) in [6.45, 7) is 1.16. The normalized spacial score (nSPS) is 16.1. The van der Waals surface area contributed by atoms with Gasteiger partial charge in [0.15, 0.2) is 0 Å². The predicted octanol–water partition coefficient (Wildman–Crippen LogP) is 3.46. The number of rotatable bonds is 4. The van der Waals surface area contributed by atoms with Crippen LogP contribution in [0.25, 0.3) is 10.2 Å². The summed E-state index contributed by atoms with van der Waals surface area (Å²) in [5.41, 5.74) is 1.55. The molecule has 27 heavy (non-hydrogen) atoms. The van der Waals surface area contributed by atoms with Crippen molar-refractivity contribution in [3.8, 4) is 5.75 Å². The van der Waals surface area contributed by atoms with Gasteiger partial charge in [0.25, 0.3) is 0 Å². The lowest BCUT2D eigenvalue weighted by atomic mass is 10.1. The van der Waals surface area contributed by atoms with Crippen LogP contribution in [0, 0.1) is 0 Å². The third-order valence-corrected chi connectivity index (χ3v) is 5.53. The molecule has 3 aromatic rings. The summed E-state index contributed by atoms with van der Waals surface area (Å²) < 4.78 is 10.8. The Morgan fingerprint density at radius 1 is 1.30 bits per heavy atom. The van der Waals surface area contributed by atoms with Gasteiger partial charge in [0.1, 0.15) is 21.6 Å². The maximum Gasteiger partial charge on any atom is 0.348 e. The third kappa shape index (κ3) is 2.51. The molecular formula is C18H13N3O5S. The molecular weight excluding hydrogens is 370 g/mol. The zero-order valence-corrected chi connectivity index (χ0v) is 14.7. The van der Waals surface area contributed by atoms with Crippen molar-refractivity contribution in [2.45, 2.75) is 6.10 Å². The van der Waals surface area contributed by atoms with Crippen LogP contribution < -0.4 is 15.0 Å². The Bertz CT molecular complexity index is 1070. The highest BCUT2D eigenvalue weighted by atomic mass is 32.1. The number of amides is 2. The largest absolute Gasteiger partial charge is 0.486 e. The van der Waals surface area contributed by atoms with Crippen molar-refractivity contribution >= 4 is 50.6 Å². The van der Waals surface area contributed by atoms with Crippen molar-refractivity contribution in [1.29, 1.82) is 0 Å². The lowest BCUT2D eigenvalue weighted by Gasteiger charge is -2.29. The fourth-order valence-electron chi connectivity index (χ4n) is 3.14. The number of carboxylic acid groups (broad SMARTS) is 1. The first-order chi connectivity index (χ1) is 13.1. The van der Waals surface area contributed by atoms with Gasteiger partial charge in [-0.3, -0.25) is 4.90 Å². The number of carbonyl (C=O) groups excluding carboxylic acids is 1. The average molecular weight is 383 g/mol. The highest BCUT2D eigenvalue weighted by Gasteiger charge is 2.32. The summed E-state index contributed by atoms with van der Waals surface area (Å²) in [6, 6.07) is 8.46. The van der Waals surface area contributed by atoms with E-state index in [-0.39, 0.29) is 11.0 Å². The average Bonchev–Trinajstić information content (AvgIpc) is 2.99. The number of carbonyl (C=O) groups is 2. The zero-order valence-electron chi connectivity index (χ0n) is 13.8. The summed E-state index contributed by atoms with van der Waals surface area (Å²) in [4.78, 5) is 30.6. The molecule has 1 fully saturated rings. The molecule has 2 N–H and O–H groups in total. The number of hydrogen-bond donors (Lipinski definition) is 2. The van der Waals surface area contributed by atoms with Crippen molar-refractivity contribution in [1.82, 2.24) is 4.98 Å². The molecule has 9 heteroatoms. The Hall–Kier alpha value is -3.17. The highest BCUT2D eigenvalue weighted by molar-refractivity contribution is 7.21. The minimum atomic E-state index is -1.09. The second-order valence-corrected chi connectivity index (χ2v) is 7.16. The number of nitrogens with zero attached hydrogens (tertiary/aromatic N) is 2. The molecule has 0 unspecified atom stereocenters. The lowest BCUT2D eigenvalue weighted by molar-refractivity contribution is -0.0796. The molecule has 2 aliphatic heterocycles. The molecule has 2 amide bonds. The van der Waals surface area contributed by atoms with Gasteiger partial charge in [0.2, 0.25) is 0 Å². The van der Waals surface area contributed by atoms with E-state index < -0.39 is 12.0 Å². The van der Waals surface area contributed by atoms with Crippen LogP contribution in [0.4, 0.5) is 21.9 Å². The van der Waals surface area contributed by atoms with Crippen LogP contribution >= 0.6 is 11.3 Å². The van der Waals surface area contributed by atoms with Crippen LogP contribution in [0.1, 0.15) is 9.67 Å². The van der Waals surface area contributed by atoms with Gasteiger partial charge >= 0.3 is 12.0 Å². The Morgan fingerprint density at radius 3 is 2.74 bits per heavy atom. The van der Waals surface area contributed by atoms with E-state index in [2.05, 4.69) is 10.3 Å². The summed E-state index contributed by atoms with van der Waals surface area (Å²) >= 11 is 1.04. The molecule has 2 aliphatic rings. The Balaban J connectivity index is 1.56. The van der Waals surface area contributed by atoms with E-state index in [4.69, 9.17) is 9.47 Å². The van der Waals surface area contributed by atoms with E-state index in [1.54, 1.807) is 36.5 Å². The van der Waals surface area contributed by atoms with Gasteiger partial charge in [-0.15, -0.1) is 11.3 Å². The fourth-order valence-corrected chi connectivity index (χ4v) is 4.10. The molecule has 0 aliphatic carbocycles. The van der Waals surface area contributed by atoms with Gasteiger partial charge in [-0.25, -0.2) is 14.6 Å². The second kappa shape index (κ2) is 5.93. The predicted molar refractivity (Wildman–Crippen MR) is 99.4 cm³/mol. The highest BCUT2D eigenvalue weighted by Crippen LogP contribution is 2.45. The van der Waals surface area contributed by atoms with E-state index in [0.29, 0.717) is 46.2 Å². The van der Waals surface area contributed by atoms with E-state index in [1.807, 2.05) is 0 Å². The van der Waals surface area contributed by atoms with Crippen molar-refractivity contribution in [3.05, 3.63) is 41.4 Å². The fraction of sp³-hybridized carbons (Fsp3) is 0.167. The number of carboxylic acids is 1. The summed E-state index contributed by atoms with van der Waals surface area (Å²) in [7, 11) is 0. The molecule has 0 atom stereocenters. The Morgan fingerprint density at radius 2 is 2.07 bits per heavy atom. The Kier molecular flexibility index (Phi) is 3.52. The monoisotopic (exact) mass is 383 g/mol. The standard InChI is InChI=1S/C18H13N3O5S/c22-17(23)15-14-13-12(5-6-19-16(13)27-15)21(18(24)20-14)9-1-3-10(4-2-9)26-11-7-25-8-11/h1-6,11H,7-8H2,(H,20,24)(H,22,23). The van der Waals surface area contributed by atoms with Crippen LogP contribution in [0.15, 0.2) is 36.5 Å². The summed E-state index contributed by atoms with van der Waals surface area (Å²) in [6.07, 6.45) is 1.64. The molecule has 4 heterocycles. The molecule has 8 nitrogen and oxygen atoms in total. The van der Waals surface area contributed by atoms with Gasteiger partial charge in [-0.1, -0.05) is 0 Å². The number of thiophene rings is 1. The Labute approximate surface area is 156 Å². The van der Waals surface area contributed by atoms with Crippen molar-refractivity contribution in [2.24, 2.45) is 0 Å². The molecule has 0 radical (unpaired) electrons. The lowest BCUT2D eigenvalue weighted by Crippen LogP contribution is -2.38. The van der Waals surface area contributed by atoms with Crippen molar-refractivity contribution in [2.75, 3.05) is 23.4 Å². The number of ether oxygens (including phenoxy) is 2. The third-order valence-electron chi connectivity index (χ3n) is 4.45. The van der Waals surface area contributed by atoms with Gasteiger partial charge in [-0.2, -0.15) is 0 Å². The number of pyridine rings is 1. The van der Waals surface area contributed by atoms with E-state index in [1.165, 1.54) is 4.90 Å². The van der Waals surface area contributed by atoms with E-state index >= 15 is 0 Å². The van der Waals surface area contributed by atoms with E-state index in [9.17, 15) is 14.7 Å². The number of benzene rings is 1. The van der Waals surface area contributed by atoms with Gasteiger partial charge in [0, 0.05) is 6.20 Å². The first-order valence-corrected chi connectivity index (χ1v) is 9.04. The summed E-state index contributed by atoms with van der Waals surface area (Å²) in [5.74, 6) is -0.386. The van der Waals surface area contributed by atoms with Gasteiger partial charge in [0.05, 0.1) is 35.7 Å². The molecule has 2 aromatic heterocycles. The maximum atomic E-state index is 12.7. The minimum Gasteiger partial charge on any atom is -0.486 e. The minimum absolute atomic E-state index is 0.0664. The topological polar surface area (TPSA) is 101 Å². The van der Waals surface area contributed by atoms with E-state index in [0.717, 1.165) is 11.3 Å². The molecule has 0 spiro atoms. The number of aromatic carboxylic acids is 1. The molecule has 5 rings (SSSR count). The van der Waals surface area contributed by atoms with Crippen LogP contribution in [-0.4, -0.2) is 41.4 Å². The van der Waals surface area contributed by atoms with Crippen LogP contribution in [0.2, 0.25) is 0 Å². The molecule has 0 bridgehead atoms. The zero-order chi connectivity index (χ0) is 18.5. The molecule has 0 saturated carbocycles. The number of anilines is 3. The second-order valence-electron chi connectivity index (χ2n) is 6.16. The van der Waals surface area contributed by atoms with Crippen LogP contribution in [0.3, 0.4) is 0 Å². The smallest absolute Gasteiger partial charge is 0.348 e. The maximum absolute atomic E-state index is 12.7. The molecule has 136 valence electrons.